The van der Waals surface area contributed by atoms with Crippen LogP contribution >= 0.6 is 0 Å². The van der Waals surface area contributed by atoms with E-state index in [4.69, 9.17) is 0 Å². The molecule has 4 rings (SSSR count). The van der Waals surface area contributed by atoms with E-state index in [-0.39, 0.29) is 46.9 Å². The second-order valence-electron chi connectivity index (χ2n) is 10.7. The van der Waals surface area contributed by atoms with E-state index in [1.165, 1.54) is 25.1 Å². The van der Waals surface area contributed by atoms with Gasteiger partial charge in [-0.05, 0) is 68.1 Å². The number of carbonyl (C=O) groups excluding carboxylic acids is 2. The number of nitrogens with zero attached hydrogens (tertiary/aromatic N) is 3. The first kappa shape index (κ1) is 23.1. The van der Waals surface area contributed by atoms with E-state index in [2.05, 4.69) is 29.1 Å². The predicted octanol–water partition coefficient (Wildman–Crippen LogP) is 3.05. The van der Waals surface area contributed by atoms with Gasteiger partial charge in [-0.3, -0.25) is 9.59 Å². The molecule has 1 aromatic rings. The van der Waals surface area contributed by atoms with Gasteiger partial charge in [0, 0.05) is 37.4 Å². The second-order valence-corrected chi connectivity index (χ2v) is 10.7. The van der Waals surface area contributed by atoms with Crippen molar-refractivity contribution in [1.82, 2.24) is 20.2 Å². The predicted molar refractivity (Wildman–Crippen MR) is 122 cm³/mol. The normalized spacial score (nSPS) is 36.1. The Labute approximate surface area is 191 Å². The molecule has 0 spiro atoms. The zero-order valence-corrected chi connectivity index (χ0v) is 19.7. The number of carbonyl (C=O) groups is 2. The van der Waals surface area contributed by atoms with Gasteiger partial charge >= 0.3 is 0 Å². The first-order valence-electron chi connectivity index (χ1n) is 12.3. The summed E-state index contributed by atoms with van der Waals surface area (Å²) < 4.78 is 0. The molecule has 32 heavy (non-hydrogen) atoms. The van der Waals surface area contributed by atoms with Gasteiger partial charge in [-0.15, -0.1) is 0 Å². The second kappa shape index (κ2) is 9.46. The van der Waals surface area contributed by atoms with E-state index < -0.39 is 6.10 Å². The molecule has 1 aliphatic heterocycles. The van der Waals surface area contributed by atoms with E-state index in [0.29, 0.717) is 5.56 Å². The molecule has 2 amide bonds. The van der Waals surface area contributed by atoms with E-state index in [1.54, 1.807) is 0 Å². The zero-order valence-electron chi connectivity index (χ0n) is 19.7. The number of aliphatic hydroxyl groups is 1. The lowest BCUT2D eigenvalue weighted by atomic mass is 9.51. The molecule has 2 saturated carbocycles. The van der Waals surface area contributed by atoms with Crippen LogP contribution in [0.3, 0.4) is 0 Å². The monoisotopic (exact) mass is 442 g/mol. The lowest BCUT2D eigenvalue weighted by molar-refractivity contribution is -0.150. The molecule has 0 unspecified atom stereocenters. The van der Waals surface area contributed by atoms with Crippen molar-refractivity contribution in [3.8, 4) is 0 Å². The Balaban J connectivity index is 1.47. The standard InChI is InChI=1S/C25H38N4O3/c1-16(24(32)29-11-5-4-6-12-29)19-7-9-25(3)10-8-20(17(2)21(25)22(19)30)28-23(31)18-13-26-15-27-14-18/h13-17,19-22,30H,4-12H2,1-3H3,(H,28,31)/t16-,17+,19-,20-,21+,22-,25-/m0/s1. The molecule has 1 aromatic heterocycles. The maximum atomic E-state index is 13.2. The quantitative estimate of drug-likeness (QED) is 0.747. The third-order valence-electron chi connectivity index (χ3n) is 8.73. The van der Waals surface area contributed by atoms with Crippen molar-refractivity contribution in [2.45, 2.75) is 77.9 Å². The van der Waals surface area contributed by atoms with Crippen molar-refractivity contribution in [2.75, 3.05) is 13.1 Å². The van der Waals surface area contributed by atoms with Crippen molar-refractivity contribution in [3.63, 3.8) is 0 Å². The minimum atomic E-state index is -0.535. The van der Waals surface area contributed by atoms with Crippen molar-refractivity contribution >= 4 is 11.8 Å². The Morgan fingerprint density at radius 3 is 2.50 bits per heavy atom. The molecule has 0 bridgehead atoms. The van der Waals surface area contributed by atoms with Crippen LogP contribution in [0.15, 0.2) is 18.7 Å². The summed E-state index contributed by atoms with van der Waals surface area (Å²) in [6.07, 6.45) is 11.1. The first-order chi connectivity index (χ1) is 15.3. The highest BCUT2D eigenvalue weighted by atomic mass is 16.3. The van der Waals surface area contributed by atoms with Gasteiger partial charge in [0.2, 0.25) is 5.91 Å². The Bertz CT molecular complexity index is 813. The maximum Gasteiger partial charge on any atom is 0.254 e. The van der Waals surface area contributed by atoms with Gasteiger partial charge in [0.25, 0.3) is 5.91 Å². The number of nitrogens with one attached hydrogen (secondary N) is 1. The molecule has 1 saturated heterocycles. The van der Waals surface area contributed by atoms with E-state index in [9.17, 15) is 14.7 Å². The van der Waals surface area contributed by atoms with Crippen LogP contribution in [0, 0.1) is 29.1 Å². The minimum absolute atomic E-state index is 0.0118. The molecule has 3 aliphatic rings. The first-order valence-corrected chi connectivity index (χ1v) is 12.3. The molecule has 2 N–H and O–H groups in total. The van der Waals surface area contributed by atoms with E-state index in [1.807, 2.05) is 11.8 Å². The lowest BCUT2D eigenvalue weighted by Crippen LogP contribution is -2.58. The largest absolute Gasteiger partial charge is 0.392 e. The number of amides is 2. The van der Waals surface area contributed by atoms with Crippen LogP contribution in [0.1, 0.15) is 76.1 Å². The summed E-state index contributed by atoms with van der Waals surface area (Å²) in [5, 5.41) is 14.8. The Morgan fingerprint density at radius 1 is 1.16 bits per heavy atom. The zero-order chi connectivity index (χ0) is 22.9. The number of hydrogen-bond acceptors (Lipinski definition) is 5. The summed E-state index contributed by atoms with van der Waals surface area (Å²) in [6, 6.07) is -0.0118. The smallest absolute Gasteiger partial charge is 0.254 e. The van der Waals surface area contributed by atoms with Gasteiger partial charge in [-0.1, -0.05) is 20.8 Å². The fourth-order valence-electron chi connectivity index (χ4n) is 6.75. The topological polar surface area (TPSA) is 95.4 Å². The SMILES string of the molecule is C[C@H]1[C@@H]2[C@@H](O)[C@H]([C@H](C)C(=O)N3CCCCC3)CC[C@@]2(C)CC[C@@H]1NC(=O)c1cncnc1. The number of aliphatic hydroxyl groups excluding tert-OH is 1. The number of likely N-dealkylation sites (tertiary alicyclic amines) is 1. The highest BCUT2D eigenvalue weighted by Gasteiger charge is 2.54. The Kier molecular flexibility index (Phi) is 6.84. The number of fused-ring (bicyclic) bond motifs is 1. The number of rotatable bonds is 4. The molecule has 2 heterocycles. The summed E-state index contributed by atoms with van der Waals surface area (Å²) in [6.45, 7) is 8.14. The fourth-order valence-corrected chi connectivity index (χ4v) is 6.75. The summed E-state index contributed by atoms with van der Waals surface area (Å²) in [5.74, 6) is 0.0239. The number of hydrogen-bond donors (Lipinski definition) is 2. The molecule has 2 aliphatic carbocycles. The van der Waals surface area contributed by atoms with Crippen LogP contribution in [0.25, 0.3) is 0 Å². The highest BCUT2D eigenvalue weighted by molar-refractivity contribution is 5.93. The van der Waals surface area contributed by atoms with Gasteiger partial charge in [0.1, 0.15) is 6.33 Å². The van der Waals surface area contributed by atoms with Crippen LogP contribution in [0.2, 0.25) is 0 Å². The lowest BCUT2D eigenvalue weighted by Gasteiger charge is -2.56. The molecule has 3 fully saturated rings. The van der Waals surface area contributed by atoms with Crippen molar-refractivity contribution in [3.05, 3.63) is 24.3 Å². The highest BCUT2D eigenvalue weighted by Crippen LogP contribution is 2.55. The average Bonchev–Trinajstić information content (AvgIpc) is 2.81. The molecular formula is C25H38N4O3. The van der Waals surface area contributed by atoms with Crippen LogP contribution in [-0.4, -0.2) is 57.0 Å². The number of piperidine rings is 1. The van der Waals surface area contributed by atoms with Gasteiger partial charge in [-0.2, -0.15) is 0 Å². The molecule has 7 heteroatoms. The Hall–Kier alpha value is -2.02. The van der Waals surface area contributed by atoms with Crippen molar-refractivity contribution in [1.29, 1.82) is 0 Å². The van der Waals surface area contributed by atoms with E-state index in [0.717, 1.165) is 51.6 Å². The van der Waals surface area contributed by atoms with Gasteiger partial charge in [0.15, 0.2) is 0 Å². The summed E-state index contributed by atoms with van der Waals surface area (Å²) >= 11 is 0. The molecule has 7 atom stereocenters. The molecule has 176 valence electrons. The molecule has 7 nitrogen and oxygen atoms in total. The van der Waals surface area contributed by atoms with Crippen LogP contribution in [0.4, 0.5) is 0 Å². The van der Waals surface area contributed by atoms with Crippen LogP contribution in [0.5, 0.6) is 0 Å². The third-order valence-corrected chi connectivity index (χ3v) is 8.73. The average molecular weight is 443 g/mol. The maximum absolute atomic E-state index is 13.2. The summed E-state index contributed by atoms with van der Waals surface area (Å²) in [7, 11) is 0. The van der Waals surface area contributed by atoms with Crippen molar-refractivity contribution < 1.29 is 14.7 Å². The van der Waals surface area contributed by atoms with E-state index >= 15 is 0 Å². The summed E-state index contributed by atoms with van der Waals surface area (Å²) in [5.41, 5.74) is 0.496. The molecule has 0 aromatic carbocycles. The van der Waals surface area contributed by atoms with Gasteiger partial charge < -0.3 is 15.3 Å². The van der Waals surface area contributed by atoms with Gasteiger partial charge in [0.05, 0.1) is 11.7 Å². The van der Waals surface area contributed by atoms with Gasteiger partial charge in [-0.25, -0.2) is 9.97 Å². The summed E-state index contributed by atoms with van der Waals surface area (Å²) in [4.78, 5) is 35.8. The third kappa shape index (κ3) is 4.41. The van der Waals surface area contributed by atoms with Crippen LogP contribution in [-0.2, 0) is 4.79 Å². The van der Waals surface area contributed by atoms with Crippen molar-refractivity contribution in [2.24, 2.45) is 29.1 Å². The van der Waals surface area contributed by atoms with Crippen LogP contribution < -0.4 is 5.32 Å². The molecule has 0 radical (unpaired) electrons. The molecular weight excluding hydrogens is 404 g/mol. The minimum Gasteiger partial charge on any atom is -0.392 e. The number of aromatic nitrogens is 2. The Morgan fingerprint density at radius 2 is 1.81 bits per heavy atom. The fraction of sp³-hybridized carbons (Fsp3) is 0.760.